The van der Waals surface area contributed by atoms with Crippen LogP contribution < -0.4 is 5.73 Å². The summed E-state index contributed by atoms with van der Waals surface area (Å²) in [5.74, 6) is 0. The van der Waals surface area contributed by atoms with Crippen molar-refractivity contribution in [2.24, 2.45) is 5.73 Å². The normalized spacial score (nSPS) is 11.4. The van der Waals surface area contributed by atoms with Crippen LogP contribution in [-0.4, -0.2) is 0 Å². The molecule has 1 nitrogen and oxygen atoms in total. The molecule has 0 bridgehead atoms. The van der Waals surface area contributed by atoms with Crippen LogP contribution in [0.2, 0.25) is 0 Å². The van der Waals surface area contributed by atoms with Gasteiger partial charge in [-0.05, 0) is 12.8 Å². The van der Waals surface area contributed by atoms with Crippen molar-refractivity contribution in [3.63, 3.8) is 0 Å². The molecule has 0 fully saturated rings. The Balaban J connectivity index is 3.15. The van der Waals surface area contributed by atoms with E-state index < -0.39 is 0 Å². The maximum Gasteiger partial charge on any atom is 0.0214 e. The lowest BCUT2D eigenvalue weighted by Gasteiger charge is -1.86. The Morgan fingerprint density at radius 2 is 2.25 bits per heavy atom. The molecule has 1 atom stereocenters. The van der Waals surface area contributed by atoms with Crippen LogP contribution in [0.5, 0.6) is 0 Å². The number of allylic oxidation sites excluding steroid dienone is 2. The van der Waals surface area contributed by atoms with Crippen molar-refractivity contribution < 1.29 is 0 Å². The molecule has 8 heavy (non-hydrogen) atoms. The number of nitrogens with two attached hydrogens (primary N) is 1. The first-order valence-electron chi connectivity index (χ1n) is 2.59. The standard InChI is InChI=1S/C6H12NP/c1-2-3-4-5-6(7)8/h2,5H,1,3-4,7-8H2/b6-5-. The van der Waals surface area contributed by atoms with Gasteiger partial charge in [0.15, 0.2) is 0 Å². The molecule has 0 heterocycles. The SMILES string of the molecule is C=CCC/C=C(/N)P. The Kier molecular flexibility index (Phi) is 4.68. The topological polar surface area (TPSA) is 26.0 Å². The Labute approximate surface area is 52.9 Å². The van der Waals surface area contributed by atoms with E-state index in [0.29, 0.717) is 0 Å². The fourth-order valence-corrected chi connectivity index (χ4v) is 0.535. The molecule has 0 radical (unpaired) electrons. The Morgan fingerprint density at radius 1 is 1.62 bits per heavy atom. The van der Waals surface area contributed by atoms with Crippen molar-refractivity contribution in [1.82, 2.24) is 0 Å². The second-order valence-corrected chi connectivity index (χ2v) is 2.24. The molecule has 0 rings (SSSR count). The van der Waals surface area contributed by atoms with Gasteiger partial charge in [0.25, 0.3) is 0 Å². The highest BCUT2D eigenvalue weighted by atomic mass is 31.0. The third kappa shape index (κ3) is 5.71. The lowest BCUT2D eigenvalue weighted by atomic mass is 10.3. The van der Waals surface area contributed by atoms with Gasteiger partial charge in [-0.3, -0.25) is 0 Å². The molecule has 0 aromatic carbocycles. The maximum absolute atomic E-state index is 5.32. The van der Waals surface area contributed by atoms with Crippen molar-refractivity contribution in [2.45, 2.75) is 12.8 Å². The van der Waals surface area contributed by atoms with Crippen molar-refractivity contribution in [3.05, 3.63) is 24.2 Å². The molecule has 2 N–H and O–H groups in total. The predicted molar refractivity (Wildman–Crippen MR) is 41.4 cm³/mol. The summed E-state index contributed by atoms with van der Waals surface area (Å²) in [6, 6.07) is 0. The first-order valence-corrected chi connectivity index (χ1v) is 3.17. The van der Waals surface area contributed by atoms with Crippen LogP contribution in [0, 0.1) is 0 Å². The monoisotopic (exact) mass is 129 g/mol. The maximum atomic E-state index is 5.32. The summed E-state index contributed by atoms with van der Waals surface area (Å²) in [6.45, 7) is 3.58. The van der Waals surface area contributed by atoms with Crippen molar-refractivity contribution in [1.29, 1.82) is 0 Å². The van der Waals surface area contributed by atoms with Crippen LogP contribution in [0.3, 0.4) is 0 Å². The molecule has 2 heteroatoms. The quantitative estimate of drug-likeness (QED) is 0.350. The molecule has 0 aliphatic heterocycles. The van der Waals surface area contributed by atoms with Gasteiger partial charge in [-0.2, -0.15) is 0 Å². The third-order valence-corrected chi connectivity index (χ3v) is 0.987. The summed E-state index contributed by atoms with van der Waals surface area (Å²) in [4.78, 5) is 0. The van der Waals surface area contributed by atoms with Gasteiger partial charge in [-0.15, -0.1) is 6.58 Å². The molecule has 46 valence electrons. The molecule has 0 saturated carbocycles. The smallest absolute Gasteiger partial charge is 0.0214 e. The predicted octanol–water partition coefficient (Wildman–Crippen LogP) is 1.63. The molecule has 1 unspecified atom stereocenters. The van der Waals surface area contributed by atoms with Gasteiger partial charge >= 0.3 is 0 Å². The highest BCUT2D eigenvalue weighted by molar-refractivity contribution is 7.22. The van der Waals surface area contributed by atoms with E-state index in [4.69, 9.17) is 5.73 Å². The number of hydrogen-bond acceptors (Lipinski definition) is 1. The van der Waals surface area contributed by atoms with Crippen LogP contribution in [0.1, 0.15) is 12.8 Å². The molecule has 0 aromatic rings. The Bertz CT molecular complexity index is 92.7. The van der Waals surface area contributed by atoms with Crippen LogP contribution >= 0.6 is 9.24 Å². The van der Waals surface area contributed by atoms with E-state index in [-0.39, 0.29) is 0 Å². The highest BCUT2D eigenvalue weighted by Crippen LogP contribution is 1.99. The summed E-state index contributed by atoms with van der Waals surface area (Å²) in [5, 5.41) is 0. The minimum Gasteiger partial charge on any atom is -0.399 e. The lowest BCUT2D eigenvalue weighted by Crippen LogP contribution is -1.84. The molecule has 0 aromatic heterocycles. The molecule has 0 spiro atoms. The van der Waals surface area contributed by atoms with Gasteiger partial charge in [0.05, 0.1) is 0 Å². The summed E-state index contributed by atoms with van der Waals surface area (Å²) < 4.78 is 0. The minimum absolute atomic E-state index is 0.812. The van der Waals surface area contributed by atoms with E-state index in [1.54, 1.807) is 0 Å². The molecular weight excluding hydrogens is 117 g/mol. The minimum atomic E-state index is 0.812. The Morgan fingerprint density at radius 3 is 2.62 bits per heavy atom. The van der Waals surface area contributed by atoms with E-state index >= 15 is 0 Å². The first kappa shape index (κ1) is 7.71. The van der Waals surface area contributed by atoms with Crippen LogP contribution in [0.15, 0.2) is 24.2 Å². The van der Waals surface area contributed by atoms with Crippen LogP contribution in [0.4, 0.5) is 0 Å². The summed E-state index contributed by atoms with van der Waals surface area (Å²) in [6.07, 6.45) is 5.85. The molecule has 0 amide bonds. The molecule has 0 saturated heterocycles. The second-order valence-electron chi connectivity index (χ2n) is 1.57. The van der Waals surface area contributed by atoms with Crippen molar-refractivity contribution in [3.8, 4) is 0 Å². The van der Waals surface area contributed by atoms with E-state index in [9.17, 15) is 0 Å². The summed E-state index contributed by atoms with van der Waals surface area (Å²) in [7, 11) is 2.43. The zero-order valence-corrected chi connectivity index (χ0v) is 6.09. The van der Waals surface area contributed by atoms with Crippen LogP contribution in [-0.2, 0) is 0 Å². The van der Waals surface area contributed by atoms with Gasteiger partial charge < -0.3 is 5.73 Å². The van der Waals surface area contributed by atoms with E-state index in [0.717, 1.165) is 18.3 Å². The number of rotatable bonds is 3. The van der Waals surface area contributed by atoms with E-state index in [1.807, 2.05) is 12.2 Å². The van der Waals surface area contributed by atoms with Gasteiger partial charge in [0, 0.05) is 5.44 Å². The summed E-state index contributed by atoms with van der Waals surface area (Å²) >= 11 is 0. The molecule has 0 aliphatic carbocycles. The van der Waals surface area contributed by atoms with Gasteiger partial charge in [-0.1, -0.05) is 21.4 Å². The Hall–Kier alpha value is -0.290. The second kappa shape index (κ2) is 4.86. The molecular formula is C6H12NP. The van der Waals surface area contributed by atoms with Gasteiger partial charge in [-0.25, -0.2) is 0 Å². The lowest BCUT2D eigenvalue weighted by molar-refractivity contribution is 1.05. The summed E-state index contributed by atoms with van der Waals surface area (Å²) in [5.41, 5.74) is 6.13. The average molecular weight is 129 g/mol. The van der Waals surface area contributed by atoms with Crippen LogP contribution in [0.25, 0.3) is 0 Å². The largest absolute Gasteiger partial charge is 0.399 e. The number of unbranched alkanes of at least 4 members (excludes halogenated alkanes) is 1. The van der Waals surface area contributed by atoms with Crippen molar-refractivity contribution in [2.75, 3.05) is 0 Å². The fraction of sp³-hybridized carbons (Fsp3) is 0.333. The van der Waals surface area contributed by atoms with Crippen molar-refractivity contribution >= 4 is 9.24 Å². The van der Waals surface area contributed by atoms with Gasteiger partial charge in [0.2, 0.25) is 0 Å². The van der Waals surface area contributed by atoms with E-state index in [2.05, 4.69) is 15.8 Å². The fourth-order valence-electron chi connectivity index (χ4n) is 0.368. The highest BCUT2D eigenvalue weighted by Gasteiger charge is 1.75. The van der Waals surface area contributed by atoms with Gasteiger partial charge in [0.1, 0.15) is 0 Å². The molecule has 0 aliphatic rings. The number of hydrogen-bond donors (Lipinski definition) is 1. The average Bonchev–Trinajstić information content (AvgIpc) is 1.66. The zero-order valence-electron chi connectivity index (χ0n) is 4.93. The van der Waals surface area contributed by atoms with E-state index in [1.165, 1.54) is 0 Å². The zero-order chi connectivity index (χ0) is 6.41. The first-order chi connectivity index (χ1) is 3.77. The third-order valence-electron chi connectivity index (χ3n) is 0.751.